The van der Waals surface area contributed by atoms with E-state index in [1.54, 1.807) is 0 Å². The summed E-state index contributed by atoms with van der Waals surface area (Å²) in [6.07, 6.45) is -2.81. The summed E-state index contributed by atoms with van der Waals surface area (Å²) in [7, 11) is -3.71. The molecule has 0 bridgehead atoms. The zero-order valence-corrected chi connectivity index (χ0v) is 19.2. The Morgan fingerprint density at radius 1 is 1.22 bits per heavy atom. The molecule has 12 heteroatoms. The van der Waals surface area contributed by atoms with Crippen LogP contribution in [0.1, 0.15) is 37.6 Å². The van der Waals surface area contributed by atoms with Crippen molar-refractivity contribution in [1.82, 2.24) is 9.78 Å². The molecule has 0 spiro atoms. The van der Waals surface area contributed by atoms with Gasteiger partial charge in [0.05, 0.1) is 16.5 Å². The van der Waals surface area contributed by atoms with Crippen molar-refractivity contribution < 1.29 is 26.0 Å². The normalized spacial score (nSPS) is 22.6. The summed E-state index contributed by atoms with van der Waals surface area (Å²) >= 11 is 6.01. The number of sulfone groups is 1. The minimum Gasteiger partial charge on any atom is -0.386 e. The van der Waals surface area contributed by atoms with Gasteiger partial charge in [-0.1, -0.05) is 23.7 Å². The third kappa shape index (κ3) is 4.78. The van der Waals surface area contributed by atoms with E-state index in [9.17, 15) is 26.0 Å². The van der Waals surface area contributed by atoms with E-state index in [2.05, 4.69) is 10.1 Å². The number of amidine groups is 1. The van der Waals surface area contributed by atoms with E-state index in [1.165, 1.54) is 39.0 Å². The van der Waals surface area contributed by atoms with Crippen LogP contribution in [0.5, 0.6) is 0 Å². The molecule has 0 amide bonds. The standard InChI is InChI=1S/C20H23ClF4N4O2S/c1-18(2)17(26)27-19(3,11-32(18,30)31)13-8-12(4-6-15(13)22)5-7-16-14(21)9-29(28-16)10-20(23,24)25/h4,6,8-9H,5,7,10-11H2,1-3H3,(H2,26,27)/t19-/m0/s1. The first kappa shape index (κ1) is 24.5. The number of hydrogen-bond donors (Lipinski definition) is 1. The number of aryl methyl sites for hydroxylation is 2. The predicted molar refractivity (Wildman–Crippen MR) is 114 cm³/mol. The number of aliphatic imine (C=N–C) groups is 1. The second-order valence-corrected chi connectivity index (χ2v) is 11.5. The Kier molecular flexibility index (Phi) is 6.14. The molecule has 1 aliphatic rings. The maximum Gasteiger partial charge on any atom is 0.408 e. The molecule has 1 aromatic carbocycles. The minimum absolute atomic E-state index is 0.0747. The van der Waals surface area contributed by atoms with E-state index in [1.807, 2.05) is 0 Å². The van der Waals surface area contributed by atoms with Gasteiger partial charge in [-0.3, -0.25) is 9.67 Å². The third-order valence-electron chi connectivity index (χ3n) is 5.62. The number of alkyl halides is 3. The molecular weight excluding hydrogens is 472 g/mol. The van der Waals surface area contributed by atoms with E-state index in [-0.39, 0.29) is 28.5 Å². The van der Waals surface area contributed by atoms with Crippen molar-refractivity contribution in [3.63, 3.8) is 0 Å². The van der Waals surface area contributed by atoms with Crippen LogP contribution < -0.4 is 5.73 Å². The summed E-state index contributed by atoms with van der Waals surface area (Å²) in [6, 6.07) is 4.22. The second-order valence-electron chi connectivity index (χ2n) is 8.59. The lowest BCUT2D eigenvalue weighted by atomic mass is 9.91. The molecule has 0 fully saturated rings. The largest absolute Gasteiger partial charge is 0.408 e. The molecule has 0 unspecified atom stereocenters. The van der Waals surface area contributed by atoms with Crippen molar-refractivity contribution in [2.75, 3.05) is 5.75 Å². The number of hydrogen-bond acceptors (Lipinski definition) is 5. The van der Waals surface area contributed by atoms with Crippen LogP contribution >= 0.6 is 11.6 Å². The zero-order valence-electron chi connectivity index (χ0n) is 17.7. The highest BCUT2D eigenvalue weighted by molar-refractivity contribution is 7.93. The lowest BCUT2D eigenvalue weighted by Gasteiger charge is -2.38. The van der Waals surface area contributed by atoms with Crippen LogP contribution in [0.15, 0.2) is 29.4 Å². The highest BCUT2D eigenvalue weighted by Crippen LogP contribution is 2.38. The van der Waals surface area contributed by atoms with E-state index < -0.39 is 44.4 Å². The molecule has 3 rings (SSSR count). The first-order chi connectivity index (χ1) is 14.5. The summed E-state index contributed by atoms with van der Waals surface area (Å²) in [5, 5.41) is 3.97. The Bertz CT molecular complexity index is 1170. The summed E-state index contributed by atoms with van der Waals surface area (Å²) in [4.78, 5) is 4.34. The Morgan fingerprint density at radius 3 is 2.47 bits per heavy atom. The molecule has 0 saturated carbocycles. The molecule has 2 heterocycles. The number of nitrogens with zero attached hydrogens (tertiary/aromatic N) is 3. The molecule has 6 nitrogen and oxygen atoms in total. The van der Waals surface area contributed by atoms with Gasteiger partial charge in [0.15, 0.2) is 9.84 Å². The maximum atomic E-state index is 14.7. The Labute approximate surface area is 188 Å². The number of nitrogens with two attached hydrogens (primary N) is 1. The highest BCUT2D eigenvalue weighted by atomic mass is 35.5. The van der Waals surface area contributed by atoms with Gasteiger partial charge in [0, 0.05) is 11.8 Å². The van der Waals surface area contributed by atoms with Gasteiger partial charge in [-0.05, 0) is 45.2 Å². The van der Waals surface area contributed by atoms with Gasteiger partial charge in [-0.15, -0.1) is 0 Å². The van der Waals surface area contributed by atoms with Crippen LogP contribution in [0.2, 0.25) is 5.02 Å². The van der Waals surface area contributed by atoms with E-state index >= 15 is 0 Å². The van der Waals surface area contributed by atoms with Gasteiger partial charge in [-0.25, -0.2) is 12.8 Å². The number of benzene rings is 1. The van der Waals surface area contributed by atoms with E-state index in [0.717, 1.165) is 10.9 Å². The van der Waals surface area contributed by atoms with Gasteiger partial charge in [0.1, 0.15) is 28.5 Å². The molecule has 1 aliphatic heterocycles. The second kappa shape index (κ2) is 8.02. The highest BCUT2D eigenvalue weighted by Gasteiger charge is 2.49. The molecular formula is C20H23ClF4N4O2S. The minimum atomic E-state index is -4.43. The van der Waals surface area contributed by atoms with Gasteiger partial charge >= 0.3 is 6.18 Å². The molecule has 0 radical (unpaired) electrons. The third-order valence-corrected chi connectivity index (χ3v) is 8.64. The average Bonchev–Trinajstić information content (AvgIpc) is 2.96. The van der Waals surface area contributed by atoms with Gasteiger partial charge < -0.3 is 5.73 Å². The smallest absolute Gasteiger partial charge is 0.386 e. The molecule has 0 saturated heterocycles. The van der Waals surface area contributed by atoms with Crippen LogP contribution in [0.3, 0.4) is 0 Å². The lowest BCUT2D eigenvalue weighted by molar-refractivity contribution is -0.142. The first-order valence-electron chi connectivity index (χ1n) is 9.70. The van der Waals surface area contributed by atoms with Crippen LogP contribution in [0.25, 0.3) is 0 Å². The van der Waals surface area contributed by atoms with Crippen LogP contribution in [0.4, 0.5) is 17.6 Å². The first-order valence-corrected chi connectivity index (χ1v) is 11.7. The SMILES string of the molecule is CC1(C)C(N)=N[C@](C)(c2cc(CCc3nn(CC(F)(F)F)cc3Cl)ccc2F)CS1(=O)=O. The number of halogens is 5. The molecule has 1 aromatic heterocycles. The topological polar surface area (TPSA) is 90.3 Å². The zero-order chi connectivity index (χ0) is 24.1. The Balaban J connectivity index is 1.87. The fourth-order valence-corrected chi connectivity index (χ4v) is 5.49. The van der Waals surface area contributed by atoms with Crippen molar-refractivity contribution in [3.8, 4) is 0 Å². The summed E-state index contributed by atoms with van der Waals surface area (Å²) in [5.74, 6) is -1.14. The molecule has 0 aliphatic carbocycles. The number of rotatable bonds is 5. The summed E-state index contributed by atoms with van der Waals surface area (Å²) in [5.41, 5.74) is 5.49. The fraction of sp³-hybridized carbons (Fsp3) is 0.500. The summed E-state index contributed by atoms with van der Waals surface area (Å²) < 4.78 is 77.3. The maximum absolute atomic E-state index is 14.7. The van der Waals surface area contributed by atoms with Crippen molar-refractivity contribution in [2.45, 2.75) is 56.6 Å². The monoisotopic (exact) mass is 494 g/mol. The molecule has 32 heavy (non-hydrogen) atoms. The molecule has 1 atom stereocenters. The van der Waals surface area contributed by atoms with E-state index in [4.69, 9.17) is 17.3 Å². The van der Waals surface area contributed by atoms with Crippen LogP contribution in [-0.4, -0.2) is 40.7 Å². The van der Waals surface area contributed by atoms with Crippen molar-refractivity contribution >= 4 is 27.3 Å². The quantitative estimate of drug-likeness (QED) is 0.640. The van der Waals surface area contributed by atoms with Crippen molar-refractivity contribution in [1.29, 1.82) is 0 Å². The predicted octanol–water partition coefficient (Wildman–Crippen LogP) is 3.80. The van der Waals surface area contributed by atoms with Crippen LogP contribution in [-0.2, 0) is 34.8 Å². The summed E-state index contributed by atoms with van der Waals surface area (Å²) in [6.45, 7) is 3.16. The van der Waals surface area contributed by atoms with Crippen LogP contribution in [0, 0.1) is 5.82 Å². The Morgan fingerprint density at radius 2 is 1.88 bits per heavy atom. The van der Waals surface area contributed by atoms with E-state index in [0.29, 0.717) is 12.0 Å². The number of aromatic nitrogens is 2. The van der Waals surface area contributed by atoms with Gasteiger partial charge in [0.2, 0.25) is 0 Å². The van der Waals surface area contributed by atoms with Gasteiger partial charge in [-0.2, -0.15) is 18.3 Å². The van der Waals surface area contributed by atoms with Crippen molar-refractivity contribution in [2.24, 2.45) is 10.7 Å². The lowest BCUT2D eigenvalue weighted by Crippen LogP contribution is -2.55. The molecule has 176 valence electrons. The van der Waals surface area contributed by atoms with Crippen molar-refractivity contribution in [3.05, 3.63) is 52.1 Å². The average molecular weight is 495 g/mol. The molecule has 2 aromatic rings. The van der Waals surface area contributed by atoms with Gasteiger partial charge in [0.25, 0.3) is 0 Å². The fourth-order valence-electron chi connectivity index (χ4n) is 3.56. The molecule has 2 N–H and O–H groups in total. The Hall–Kier alpha value is -2.14.